The zero-order chi connectivity index (χ0) is 15.1. The molecule has 2 rings (SSSR count). The molecule has 0 unspecified atom stereocenters. The average Bonchev–Trinajstić information content (AvgIpc) is 2.48. The van der Waals surface area contributed by atoms with E-state index < -0.39 is 0 Å². The highest BCUT2D eigenvalue weighted by molar-refractivity contribution is 9.10. The molecule has 1 aromatic carbocycles. The van der Waals surface area contributed by atoms with Gasteiger partial charge in [-0.3, -0.25) is 0 Å². The van der Waals surface area contributed by atoms with Gasteiger partial charge in [0.15, 0.2) is 0 Å². The predicted octanol–water partition coefficient (Wildman–Crippen LogP) is 4.03. The van der Waals surface area contributed by atoms with E-state index in [9.17, 15) is 0 Å². The van der Waals surface area contributed by atoms with Crippen LogP contribution in [0.5, 0.6) is 11.6 Å². The van der Waals surface area contributed by atoms with Crippen molar-refractivity contribution in [1.82, 2.24) is 10.3 Å². The summed E-state index contributed by atoms with van der Waals surface area (Å²) in [5.74, 6) is 1.10. The van der Waals surface area contributed by atoms with Crippen molar-refractivity contribution in [3.63, 3.8) is 0 Å². The third-order valence-electron chi connectivity index (χ3n) is 2.72. The van der Waals surface area contributed by atoms with E-state index in [-0.39, 0.29) is 0 Å². The summed E-state index contributed by atoms with van der Waals surface area (Å²) in [6, 6.07) is 9.25. The highest BCUT2D eigenvalue weighted by Gasteiger charge is 2.04. The van der Waals surface area contributed by atoms with Crippen LogP contribution in [0.4, 0.5) is 0 Å². The fourth-order valence-electron chi connectivity index (χ4n) is 1.65. The van der Waals surface area contributed by atoms with Crippen molar-refractivity contribution in [2.75, 3.05) is 20.3 Å². The third-order valence-corrected chi connectivity index (χ3v) is 3.51. The number of nitrogens with one attached hydrogen (secondary N) is 1. The molecular weight excluding hydrogens is 356 g/mol. The number of aromatic nitrogens is 1. The minimum Gasteiger partial charge on any atom is -0.437 e. The molecule has 1 N–H and O–H groups in total. The van der Waals surface area contributed by atoms with Gasteiger partial charge >= 0.3 is 0 Å². The van der Waals surface area contributed by atoms with Gasteiger partial charge in [0.25, 0.3) is 0 Å². The van der Waals surface area contributed by atoms with Gasteiger partial charge in [-0.1, -0.05) is 33.6 Å². The Morgan fingerprint density at radius 3 is 2.81 bits per heavy atom. The SMILES string of the molecule is COCCNCc1ccc(Oc2ccc(Br)cc2Cl)nc1. The summed E-state index contributed by atoms with van der Waals surface area (Å²) >= 11 is 9.46. The molecule has 1 heterocycles. The van der Waals surface area contributed by atoms with Crippen molar-refractivity contribution >= 4 is 27.5 Å². The highest BCUT2D eigenvalue weighted by Crippen LogP contribution is 2.30. The van der Waals surface area contributed by atoms with E-state index in [0.29, 0.717) is 23.3 Å². The normalized spacial score (nSPS) is 10.6. The second kappa shape index (κ2) is 8.34. The molecule has 0 aliphatic rings. The molecule has 0 aliphatic heterocycles. The molecular formula is C15H16BrClN2O2. The molecule has 0 amide bonds. The third kappa shape index (κ3) is 5.28. The lowest BCUT2D eigenvalue weighted by Gasteiger charge is -2.08. The number of benzene rings is 1. The number of rotatable bonds is 7. The van der Waals surface area contributed by atoms with Gasteiger partial charge in [-0.15, -0.1) is 0 Å². The van der Waals surface area contributed by atoms with Gasteiger partial charge < -0.3 is 14.8 Å². The van der Waals surface area contributed by atoms with Gasteiger partial charge in [-0.25, -0.2) is 4.98 Å². The molecule has 0 saturated carbocycles. The highest BCUT2D eigenvalue weighted by atomic mass is 79.9. The Morgan fingerprint density at radius 2 is 2.14 bits per heavy atom. The van der Waals surface area contributed by atoms with E-state index in [1.54, 1.807) is 25.4 Å². The zero-order valence-electron chi connectivity index (χ0n) is 11.6. The Hall–Kier alpha value is -1.14. The van der Waals surface area contributed by atoms with Crippen LogP contribution in [-0.4, -0.2) is 25.2 Å². The predicted molar refractivity (Wildman–Crippen MR) is 87.0 cm³/mol. The molecule has 1 aromatic heterocycles. The van der Waals surface area contributed by atoms with Crippen LogP contribution in [-0.2, 0) is 11.3 Å². The van der Waals surface area contributed by atoms with Gasteiger partial charge in [-0.05, 0) is 23.8 Å². The van der Waals surface area contributed by atoms with Crippen molar-refractivity contribution in [2.45, 2.75) is 6.54 Å². The number of methoxy groups -OCH3 is 1. The summed E-state index contributed by atoms with van der Waals surface area (Å²) in [6.45, 7) is 2.25. The van der Waals surface area contributed by atoms with E-state index in [1.165, 1.54) is 0 Å². The Labute approximate surface area is 137 Å². The van der Waals surface area contributed by atoms with Crippen LogP contribution in [0, 0.1) is 0 Å². The first kappa shape index (κ1) is 16.2. The smallest absolute Gasteiger partial charge is 0.219 e. The maximum absolute atomic E-state index is 6.10. The minimum atomic E-state index is 0.514. The molecule has 0 atom stereocenters. The second-order valence-corrected chi connectivity index (χ2v) is 5.67. The number of hydrogen-bond acceptors (Lipinski definition) is 4. The van der Waals surface area contributed by atoms with Crippen LogP contribution in [0.1, 0.15) is 5.56 Å². The first-order valence-corrected chi connectivity index (χ1v) is 7.63. The monoisotopic (exact) mass is 370 g/mol. The Kier molecular flexibility index (Phi) is 6.45. The van der Waals surface area contributed by atoms with E-state index in [1.807, 2.05) is 18.2 Å². The molecule has 2 aromatic rings. The lowest BCUT2D eigenvalue weighted by Crippen LogP contribution is -2.18. The number of hydrogen-bond donors (Lipinski definition) is 1. The first-order chi connectivity index (χ1) is 10.2. The summed E-state index contributed by atoms with van der Waals surface area (Å²) in [4.78, 5) is 4.27. The summed E-state index contributed by atoms with van der Waals surface area (Å²) in [6.07, 6.45) is 1.78. The summed E-state index contributed by atoms with van der Waals surface area (Å²) < 4.78 is 11.5. The molecule has 0 aliphatic carbocycles. The van der Waals surface area contributed by atoms with Gasteiger partial charge in [-0.2, -0.15) is 0 Å². The zero-order valence-corrected chi connectivity index (χ0v) is 13.9. The molecule has 0 bridgehead atoms. The van der Waals surface area contributed by atoms with Gasteiger partial charge in [0.2, 0.25) is 5.88 Å². The number of ether oxygens (including phenoxy) is 2. The van der Waals surface area contributed by atoms with E-state index in [2.05, 4.69) is 26.2 Å². The summed E-state index contributed by atoms with van der Waals surface area (Å²) in [7, 11) is 1.68. The number of nitrogens with zero attached hydrogens (tertiary/aromatic N) is 1. The molecule has 0 spiro atoms. The van der Waals surface area contributed by atoms with E-state index in [0.717, 1.165) is 23.1 Å². The molecule has 4 nitrogen and oxygen atoms in total. The fourth-order valence-corrected chi connectivity index (χ4v) is 2.37. The topological polar surface area (TPSA) is 43.4 Å². The van der Waals surface area contributed by atoms with Crippen molar-refractivity contribution in [1.29, 1.82) is 0 Å². The molecule has 21 heavy (non-hydrogen) atoms. The number of halogens is 2. The Bertz CT molecular complexity index is 578. The quantitative estimate of drug-likeness (QED) is 0.746. The van der Waals surface area contributed by atoms with Crippen LogP contribution in [0.25, 0.3) is 0 Å². The lowest BCUT2D eigenvalue weighted by molar-refractivity contribution is 0.199. The number of pyridine rings is 1. The van der Waals surface area contributed by atoms with Crippen molar-refractivity contribution in [3.8, 4) is 11.6 Å². The van der Waals surface area contributed by atoms with Crippen molar-refractivity contribution in [2.24, 2.45) is 0 Å². The molecule has 6 heteroatoms. The summed E-state index contributed by atoms with van der Waals surface area (Å²) in [5, 5.41) is 3.79. The van der Waals surface area contributed by atoms with Crippen LogP contribution in [0.3, 0.4) is 0 Å². The molecule has 0 fully saturated rings. The van der Waals surface area contributed by atoms with E-state index >= 15 is 0 Å². The minimum absolute atomic E-state index is 0.514. The molecule has 112 valence electrons. The van der Waals surface area contributed by atoms with Gasteiger partial charge in [0.05, 0.1) is 11.6 Å². The fraction of sp³-hybridized carbons (Fsp3) is 0.267. The summed E-state index contributed by atoms with van der Waals surface area (Å²) in [5.41, 5.74) is 1.08. The van der Waals surface area contributed by atoms with Crippen LogP contribution in [0.2, 0.25) is 5.02 Å². The van der Waals surface area contributed by atoms with Crippen molar-refractivity contribution < 1.29 is 9.47 Å². The Morgan fingerprint density at radius 1 is 1.29 bits per heavy atom. The molecule has 0 saturated heterocycles. The standard InChI is InChI=1S/C15H16BrClN2O2/c1-20-7-6-18-9-11-2-5-15(19-10-11)21-14-4-3-12(16)8-13(14)17/h2-5,8,10,18H,6-7,9H2,1H3. The van der Waals surface area contributed by atoms with Crippen LogP contribution in [0.15, 0.2) is 41.0 Å². The van der Waals surface area contributed by atoms with Crippen LogP contribution >= 0.6 is 27.5 Å². The Balaban J connectivity index is 1.92. The average molecular weight is 372 g/mol. The molecule has 0 radical (unpaired) electrons. The first-order valence-electron chi connectivity index (χ1n) is 6.46. The maximum Gasteiger partial charge on any atom is 0.219 e. The lowest BCUT2D eigenvalue weighted by atomic mass is 10.3. The van der Waals surface area contributed by atoms with Crippen molar-refractivity contribution in [3.05, 3.63) is 51.6 Å². The van der Waals surface area contributed by atoms with Gasteiger partial charge in [0.1, 0.15) is 5.75 Å². The van der Waals surface area contributed by atoms with E-state index in [4.69, 9.17) is 21.1 Å². The maximum atomic E-state index is 6.10. The van der Waals surface area contributed by atoms with Gasteiger partial charge in [0, 0.05) is 36.9 Å². The second-order valence-electron chi connectivity index (χ2n) is 4.35. The van der Waals surface area contributed by atoms with Crippen LogP contribution < -0.4 is 10.1 Å². The largest absolute Gasteiger partial charge is 0.437 e.